The molecular formula is C17H11BrF4N2O3S. The molecule has 0 radical (unpaired) electrons. The number of alkyl halides is 3. The Kier molecular flexibility index (Phi) is 7.56. The number of benzene rings is 2. The van der Waals surface area contributed by atoms with Gasteiger partial charge in [-0.1, -0.05) is 13.8 Å². The van der Waals surface area contributed by atoms with Crippen molar-refractivity contribution in [3.63, 3.8) is 0 Å². The first kappa shape index (κ1) is 23.4. The minimum Gasteiger partial charge on any atom is -0.456 e. The molecule has 11 heteroatoms. The molecule has 0 heterocycles. The summed E-state index contributed by atoms with van der Waals surface area (Å²) in [5, 5.41) is 17.9. The zero-order chi connectivity index (χ0) is 21.7. The third-order valence-electron chi connectivity index (χ3n) is 3.00. The Balaban J connectivity index is 0.00000190. The molecule has 0 saturated heterocycles. The van der Waals surface area contributed by atoms with Crippen LogP contribution in [0.15, 0.2) is 39.7 Å². The molecule has 0 saturated carbocycles. The van der Waals surface area contributed by atoms with Gasteiger partial charge in [-0.15, -0.1) is 0 Å². The molecule has 0 unspecified atom stereocenters. The smallest absolute Gasteiger partial charge is 0.456 e. The highest BCUT2D eigenvalue weighted by molar-refractivity contribution is 9.10. The van der Waals surface area contributed by atoms with E-state index in [1.54, 1.807) is 6.07 Å². The van der Waals surface area contributed by atoms with E-state index in [2.05, 4.69) is 15.9 Å². The van der Waals surface area contributed by atoms with Crippen LogP contribution in [0, 0.1) is 28.5 Å². The lowest BCUT2D eigenvalue weighted by Gasteiger charge is -2.13. The molecule has 28 heavy (non-hydrogen) atoms. The Morgan fingerprint density at radius 3 is 2.18 bits per heavy atom. The molecule has 0 aliphatic rings. The van der Waals surface area contributed by atoms with E-state index >= 15 is 0 Å². The fourth-order valence-electron chi connectivity index (χ4n) is 1.88. The van der Waals surface area contributed by atoms with Gasteiger partial charge in [-0.05, 0) is 40.2 Å². The number of hydrogen-bond donors (Lipinski definition) is 0. The summed E-state index contributed by atoms with van der Waals surface area (Å²) in [4.78, 5) is -1.25. The average Bonchev–Trinajstić information content (AvgIpc) is 2.63. The fraction of sp³-hybridized carbons (Fsp3) is 0.176. The third-order valence-corrected chi connectivity index (χ3v) is 5.32. The summed E-state index contributed by atoms with van der Waals surface area (Å²) >= 11 is 2.83. The Hall–Kier alpha value is -2.63. The van der Waals surface area contributed by atoms with E-state index in [1.165, 1.54) is 6.07 Å². The standard InChI is InChI=1S/C15H5BrF4N2O3S.C2H6/c16-14-11(7-22)13(26(23,24)15(18,19)20)2-1-12(14)25-10-4-8(6-21)3-9(17)5-10;1-2/h1-5H;1-2H3. The Morgan fingerprint density at radius 2 is 1.68 bits per heavy atom. The summed E-state index contributed by atoms with van der Waals surface area (Å²) in [7, 11) is -5.76. The second-order valence-electron chi connectivity index (χ2n) is 4.70. The summed E-state index contributed by atoms with van der Waals surface area (Å²) in [6.07, 6.45) is 0. The highest BCUT2D eigenvalue weighted by Crippen LogP contribution is 2.39. The average molecular weight is 479 g/mol. The van der Waals surface area contributed by atoms with Crippen molar-refractivity contribution in [1.82, 2.24) is 0 Å². The van der Waals surface area contributed by atoms with E-state index in [0.29, 0.717) is 6.07 Å². The molecule has 148 valence electrons. The fourth-order valence-corrected chi connectivity index (χ4v) is 3.44. The predicted molar refractivity (Wildman–Crippen MR) is 94.6 cm³/mol. The molecule has 2 aromatic rings. The first-order valence-corrected chi connectivity index (χ1v) is 9.71. The highest BCUT2D eigenvalue weighted by Gasteiger charge is 2.48. The van der Waals surface area contributed by atoms with Crippen molar-refractivity contribution in [2.75, 3.05) is 0 Å². The van der Waals surface area contributed by atoms with E-state index in [9.17, 15) is 26.0 Å². The number of nitrogens with zero attached hydrogens (tertiary/aromatic N) is 2. The number of rotatable bonds is 3. The zero-order valence-electron chi connectivity index (χ0n) is 14.3. The molecule has 0 aromatic heterocycles. The van der Waals surface area contributed by atoms with Crippen LogP contribution in [0.1, 0.15) is 25.0 Å². The maximum atomic E-state index is 13.4. The number of sulfone groups is 1. The van der Waals surface area contributed by atoms with E-state index in [-0.39, 0.29) is 21.5 Å². The molecule has 0 bridgehead atoms. The quantitative estimate of drug-likeness (QED) is 0.547. The van der Waals surface area contributed by atoms with E-state index in [0.717, 1.165) is 24.3 Å². The van der Waals surface area contributed by atoms with Gasteiger partial charge in [0.1, 0.15) is 23.4 Å². The number of hydrogen-bond acceptors (Lipinski definition) is 5. The molecule has 0 amide bonds. The van der Waals surface area contributed by atoms with Gasteiger partial charge in [0.05, 0.1) is 26.6 Å². The molecule has 0 atom stereocenters. The van der Waals surface area contributed by atoms with Crippen LogP contribution in [0.3, 0.4) is 0 Å². The van der Waals surface area contributed by atoms with E-state index in [4.69, 9.17) is 15.3 Å². The van der Waals surface area contributed by atoms with E-state index < -0.39 is 31.6 Å². The van der Waals surface area contributed by atoms with Crippen LogP contribution in [-0.2, 0) is 9.84 Å². The van der Waals surface area contributed by atoms with Gasteiger partial charge in [0, 0.05) is 6.07 Å². The van der Waals surface area contributed by atoms with Crippen LogP contribution < -0.4 is 4.74 Å². The summed E-state index contributed by atoms with van der Waals surface area (Å²) in [6.45, 7) is 4.00. The molecule has 0 aliphatic heterocycles. The lowest BCUT2D eigenvalue weighted by Crippen LogP contribution is -2.24. The van der Waals surface area contributed by atoms with E-state index in [1.807, 2.05) is 13.8 Å². The van der Waals surface area contributed by atoms with Crippen molar-refractivity contribution in [1.29, 1.82) is 10.5 Å². The topological polar surface area (TPSA) is 90.9 Å². The molecule has 2 rings (SSSR count). The van der Waals surface area contributed by atoms with Gasteiger partial charge in [0.2, 0.25) is 0 Å². The van der Waals surface area contributed by atoms with Crippen LogP contribution in [0.2, 0.25) is 0 Å². The summed E-state index contributed by atoms with van der Waals surface area (Å²) in [5.74, 6) is -1.21. The van der Waals surface area contributed by atoms with Crippen LogP contribution in [-0.4, -0.2) is 13.9 Å². The first-order chi connectivity index (χ1) is 13.0. The second-order valence-corrected chi connectivity index (χ2v) is 7.40. The summed E-state index contributed by atoms with van der Waals surface area (Å²) < 4.78 is 79.6. The minimum absolute atomic E-state index is 0.0760. The predicted octanol–water partition coefficient (Wildman–Crippen LogP) is 5.44. The van der Waals surface area contributed by atoms with Crippen LogP contribution in [0.4, 0.5) is 17.6 Å². The second kappa shape index (κ2) is 9.04. The van der Waals surface area contributed by atoms with Crippen molar-refractivity contribution < 1.29 is 30.7 Å². The van der Waals surface area contributed by atoms with Crippen molar-refractivity contribution in [3.05, 3.63) is 51.7 Å². The van der Waals surface area contributed by atoms with Crippen molar-refractivity contribution >= 4 is 25.8 Å². The van der Waals surface area contributed by atoms with Gasteiger partial charge in [0.25, 0.3) is 9.84 Å². The van der Waals surface area contributed by atoms with Crippen molar-refractivity contribution in [2.45, 2.75) is 24.3 Å². The Morgan fingerprint density at radius 1 is 1.07 bits per heavy atom. The van der Waals surface area contributed by atoms with Crippen LogP contribution in [0.5, 0.6) is 11.5 Å². The van der Waals surface area contributed by atoms with Crippen molar-refractivity contribution in [2.24, 2.45) is 0 Å². The Labute approximate surface area is 166 Å². The summed E-state index contributed by atoms with van der Waals surface area (Å²) in [5.41, 5.74) is -6.49. The van der Waals surface area contributed by atoms with Gasteiger partial charge < -0.3 is 4.74 Å². The third kappa shape index (κ3) is 4.80. The minimum atomic E-state index is -5.76. The lowest BCUT2D eigenvalue weighted by atomic mass is 10.2. The summed E-state index contributed by atoms with van der Waals surface area (Å²) in [6, 6.07) is 7.48. The monoisotopic (exact) mass is 478 g/mol. The highest BCUT2D eigenvalue weighted by atomic mass is 79.9. The molecule has 0 N–H and O–H groups in total. The van der Waals surface area contributed by atoms with Crippen LogP contribution >= 0.6 is 15.9 Å². The van der Waals surface area contributed by atoms with Gasteiger partial charge in [-0.2, -0.15) is 23.7 Å². The molecule has 2 aromatic carbocycles. The molecular weight excluding hydrogens is 468 g/mol. The van der Waals surface area contributed by atoms with Crippen molar-refractivity contribution in [3.8, 4) is 23.6 Å². The lowest BCUT2D eigenvalue weighted by molar-refractivity contribution is -0.0436. The number of halogens is 5. The molecule has 0 aliphatic carbocycles. The normalized spacial score (nSPS) is 10.9. The number of nitriles is 2. The SMILES string of the molecule is CC.N#Cc1cc(F)cc(Oc2ccc(S(=O)(=O)C(F)(F)F)c(C#N)c2Br)c1. The van der Waals surface area contributed by atoms with Crippen LogP contribution in [0.25, 0.3) is 0 Å². The largest absolute Gasteiger partial charge is 0.501 e. The van der Waals surface area contributed by atoms with Gasteiger partial charge in [-0.25, -0.2) is 12.8 Å². The number of ether oxygens (including phenoxy) is 1. The Bertz CT molecular complexity index is 1070. The van der Waals surface area contributed by atoms with Gasteiger partial charge >= 0.3 is 5.51 Å². The molecule has 5 nitrogen and oxygen atoms in total. The maximum Gasteiger partial charge on any atom is 0.501 e. The maximum absolute atomic E-state index is 13.4. The molecule has 0 fully saturated rings. The zero-order valence-corrected chi connectivity index (χ0v) is 16.7. The molecule has 0 spiro atoms. The van der Waals surface area contributed by atoms with Gasteiger partial charge in [0.15, 0.2) is 0 Å². The first-order valence-electron chi connectivity index (χ1n) is 7.43. The van der Waals surface area contributed by atoms with Gasteiger partial charge in [-0.3, -0.25) is 0 Å².